The Kier molecular flexibility index (Phi) is 5.78. The zero-order chi connectivity index (χ0) is 18.5. The number of anilines is 2. The van der Waals surface area contributed by atoms with Crippen LogP contribution < -0.4 is 15.0 Å². The third-order valence-corrected chi connectivity index (χ3v) is 4.55. The van der Waals surface area contributed by atoms with Gasteiger partial charge in [0.25, 0.3) is 0 Å². The van der Waals surface area contributed by atoms with Gasteiger partial charge in [0, 0.05) is 28.9 Å². The number of hydrogen-bond acceptors (Lipinski definition) is 3. The fourth-order valence-corrected chi connectivity index (χ4v) is 3.03. The molecule has 1 N–H and O–H groups in total. The maximum Gasteiger partial charge on any atom is 0.325 e. The Hall–Kier alpha value is -2.54. The summed E-state index contributed by atoms with van der Waals surface area (Å²) in [5, 5.41) is 2.80. The number of rotatable bonds is 6. The highest BCUT2D eigenvalue weighted by Gasteiger charge is 2.30. The molecule has 0 saturated carbocycles. The lowest BCUT2D eigenvalue weighted by Crippen LogP contribution is -2.37. The molecular weight excluding hydrogens is 398 g/mol. The lowest BCUT2D eigenvalue weighted by atomic mass is 10.3. The third-order valence-electron chi connectivity index (χ3n) is 4.02. The molecule has 1 aliphatic rings. The minimum absolute atomic E-state index is 0.0302. The van der Waals surface area contributed by atoms with E-state index in [0.717, 1.165) is 15.9 Å². The normalized spacial score (nSPS) is 13.8. The average Bonchev–Trinajstić information content (AvgIpc) is 2.98. The van der Waals surface area contributed by atoms with E-state index in [1.165, 1.54) is 0 Å². The van der Waals surface area contributed by atoms with Gasteiger partial charge in [-0.05, 0) is 55.5 Å². The van der Waals surface area contributed by atoms with Crippen molar-refractivity contribution >= 4 is 39.2 Å². The number of hydrogen-bond donors (Lipinski definition) is 1. The number of benzene rings is 2. The van der Waals surface area contributed by atoms with E-state index in [4.69, 9.17) is 4.74 Å². The highest BCUT2D eigenvalue weighted by molar-refractivity contribution is 9.10. The number of carbonyl (C=O) groups is 2. The van der Waals surface area contributed by atoms with Crippen LogP contribution in [0.1, 0.15) is 6.92 Å². The minimum Gasteiger partial charge on any atom is -0.494 e. The molecule has 136 valence electrons. The highest BCUT2D eigenvalue weighted by atomic mass is 79.9. The van der Waals surface area contributed by atoms with Crippen molar-refractivity contribution < 1.29 is 14.3 Å². The Balaban J connectivity index is 1.58. The summed E-state index contributed by atoms with van der Waals surface area (Å²) in [7, 11) is 0. The predicted molar refractivity (Wildman–Crippen MR) is 105 cm³/mol. The van der Waals surface area contributed by atoms with E-state index in [9.17, 15) is 9.59 Å². The van der Waals surface area contributed by atoms with Gasteiger partial charge in [0.15, 0.2) is 0 Å². The Morgan fingerprint density at radius 3 is 2.46 bits per heavy atom. The van der Waals surface area contributed by atoms with E-state index < -0.39 is 0 Å². The summed E-state index contributed by atoms with van der Waals surface area (Å²) >= 11 is 3.35. The van der Waals surface area contributed by atoms with E-state index >= 15 is 0 Å². The van der Waals surface area contributed by atoms with Crippen LogP contribution in [0.5, 0.6) is 5.75 Å². The third kappa shape index (κ3) is 4.35. The van der Waals surface area contributed by atoms with E-state index in [1.807, 2.05) is 43.3 Å². The van der Waals surface area contributed by atoms with Crippen molar-refractivity contribution in [3.8, 4) is 5.75 Å². The molecule has 0 bridgehead atoms. The van der Waals surface area contributed by atoms with Gasteiger partial charge in [-0.3, -0.25) is 9.69 Å². The number of halogens is 1. The lowest BCUT2D eigenvalue weighted by molar-refractivity contribution is -0.116. The molecule has 0 atom stereocenters. The molecule has 26 heavy (non-hydrogen) atoms. The van der Waals surface area contributed by atoms with Crippen LogP contribution in [0.25, 0.3) is 0 Å². The Bertz CT molecular complexity index is 778. The van der Waals surface area contributed by atoms with Crippen LogP contribution in [0.2, 0.25) is 0 Å². The molecule has 0 spiro atoms. The van der Waals surface area contributed by atoms with Crippen LogP contribution in [-0.4, -0.2) is 43.1 Å². The second-order valence-electron chi connectivity index (χ2n) is 5.84. The monoisotopic (exact) mass is 417 g/mol. The average molecular weight is 418 g/mol. The molecule has 1 heterocycles. The first-order chi connectivity index (χ1) is 12.6. The zero-order valence-electron chi connectivity index (χ0n) is 14.4. The summed E-state index contributed by atoms with van der Waals surface area (Å²) in [6.07, 6.45) is 0. The van der Waals surface area contributed by atoms with Crippen LogP contribution in [-0.2, 0) is 4.79 Å². The van der Waals surface area contributed by atoms with Crippen LogP contribution in [0, 0.1) is 0 Å². The topological polar surface area (TPSA) is 61.9 Å². The van der Waals surface area contributed by atoms with E-state index in [0.29, 0.717) is 25.4 Å². The van der Waals surface area contributed by atoms with E-state index in [1.54, 1.807) is 21.9 Å². The molecule has 3 amide bonds. The van der Waals surface area contributed by atoms with Gasteiger partial charge in [-0.2, -0.15) is 0 Å². The second kappa shape index (κ2) is 8.23. The molecule has 1 fully saturated rings. The summed E-state index contributed by atoms with van der Waals surface area (Å²) in [5.41, 5.74) is 1.50. The molecule has 0 unspecified atom stereocenters. The van der Waals surface area contributed by atoms with Gasteiger partial charge in [0.05, 0.1) is 6.61 Å². The van der Waals surface area contributed by atoms with Crippen molar-refractivity contribution in [2.24, 2.45) is 0 Å². The molecule has 1 aliphatic heterocycles. The molecule has 2 aromatic rings. The van der Waals surface area contributed by atoms with Crippen LogP contribution >= 0.6 is 15.9 Å². The smallest absolute Gasteiger partial charge is 0.325 e. The summed E-state index contributed by atoms with van der Waals surface area (Å²) in [5.74, 6) is 0.558. The molecular formula is C19H20BrN3O3. The highest BCUT2D eigenvalue weighted by Crippen LogP contribution is 2.23. The summed E-state index contributed by atoms with van der Waals surface area (Å²) < 4.78 is 6.36. The molecule has 3 rings (SSSR count). The van der Waals surface area contributed by atoms with Gasteiger partial charge in [-0.25, -0.2) is 4.79 Å². The van der Waals surface area contributed by atoms with Crippen molar-refractivity contribution in [1.29, 1.82) is 0 Å². The first kappa shape index (κ1) is 18.3. The summed E-state index contributed by atoms with van der Waals surface area (Å²) in [4.78, 5) is 28.0. The quantitative estimate of drug-likeness (QED) is 0.778. The standard InChI is InChI=1S/C19H20BrN3O3/c1-2-26-17-9-7-16(8-10-17)23-12-11-22(19(23)25)13-18(24)21-15-5-3-14(20)4-6-15/h3-10H,2,11-13H2,1H3,(H,21,24). The Morgan fingerprint density at radius 1 is 1.12 bits per heavy atom. The van der Waals surface area contributed by atoms with Crippen molar-refractivity contribution in [2.75, 3.05) is 36.5 Å². The van der Waals surface area contributed by atoms with Crippen LogP contribution in [0.4, 0.5) is 16.2 Å². The van der Waals surface area contributed by atoms with Gasteiger partial charge >= 0.3 is 6.03 Å². The molecule has 0 radical (unpaired) electrons. The van der Waals surface area contributed by atoms with E-state index in [-0.39, 0.29) is 18.5 Å². The molecule has 0 aromatic heterocycles. The molecule has 0 aliphatic carbocycles. The maximum absolute atomic E-state index is 12.6. The fraction of sp³-hybridized carbons (Fsp3) is 0.263. The minimum atomic E-state index is -0.214. The molecule has 6 nitrogen and oxygen atoms in total. The van der Waals surface area contributed by atoms with Gasteiger partial charge < -0.3 is 15.0 Å². The van der Waals surface area contributed by atoms with Gasteiger partial charge in [-0.15, -0.1) is 0 Å². The first-order valence-corrected chi connectivity index (χ1v) is 9.21. The largest absolute Gasteiger partial charge is 0.494 e. The Morgan fingerprint density at radius 2 is 1.81 bits per heavy atom. The zero-order valence-corrected chi connectivity index (χ0v) is 16.0. The van der Waals surface area contributed by atoms with Gasteiger partial charge in [-0.1, -0.05) is 15.9 Å². The Labute approximate surface area is 160 Å². The number of nitrogens with zero attached hydrogens (tertiary/aromatic N) is 2. The fourth-order valence-electron chi connectivity index (χ4n) is 2.76. The molecule has 7 heteroatoms. The SMILES string of the molecule is CCOc1ccc(N2CCN(CC(=O)Nc3ccc(Br)cc3)C2=O)cc1. The predicted octanol–water partition coefficient (Wildman–Crippen LogP) is 3.73. The van der Waals surface area contributed by atoms with E-state index in [2.05, 4.69) is 21.2 Å². The van der Waals surface area contributed by atoms with Gasteiger partial charge in [0.2, 0.25) is 5.91 Å². The van der Waals surface area contributed by atoms with Crippen molar-refractivity contribution in [3.63, 3.8) is 0 Å². The number of nitrogens with one attached hydrogen (secondary N) is 1. The molecule has 1 saturated heterocycles. The number of urea groups is 1. The number of ether oxygens (including phenoxy) is 1. The van der Waals surface area contributed by atoms with Crippen molar-refractivity contribution in [2.45, 2.75) is 6.92 Å². The maximum atomic E-state index is 12.6. The summed E-state index contributed by atoms with van der Waals surface area (Å²) in [6, 6.07) is 14.5. The molecule has 2 aromatic carbocycles. The number of amides is 3. The van der Waals surface area contributed by atoms with Crippen molar-refractivity contribution in [3.05, 3.63) is 53.0 Å². The number of carbonyl (C=O) groups excluding carboxylic acids is 2. The van der Waals surface area contributed by atoms with Crippen molar-refractivity contribution in [1.82, 2.24) is 4.90 Å². The lowest BCUT2D eigenvalue weighted by Gasteiger charge is -2.18. The summed E-state index contributed by atoms with van der Waals surface area (Å²) in [6.45, 7) is 3.62. The second-order valence-corrected chi connectivity index (χ2v) is 6.75. The van der Waals surface area contributed by atoms with Gasteiger partial charge in [0.1, 0.15) is 12.3 Å². The first-order valence-electron chi connectivity index (χ1n) is 8.41. The van der Waals surface area contributed by atoms with Crippen LogP contribution in [0.3, 0.4) is 0 Å². The van der Waals surface area contributed by atoms with Crippen LogP contribution in [0.15, 0.2) is 53.0 Å².